The third-order valence-electron chi connectivity index (χ3n) is 6.35. The molecule has 0 bridgehead atoms. The average molecular weight is 448 g/mol. The van der Waals surface area contributed by atoms with Gasteiger partial charge in [0.15, 0.2) is 0 Å². The van der Waals surface area contributed by atoms with E-state index in [1.807, 2.05) is 46.0 Å². The van der Waals surface area contributed by atoms with Crippen LogP contribution in [0, 0.1) is 5.92 Å². The largest absolute Gasteiger partial charge is 0.490 e. The quantitative estimate of drug-likeness (QED) is 0.536. The Morgan fingerprint density at radius 2 is 1.76 bits per heavy atom. The van der Waals surface area contributed by atoms with Gasteiger partial charge in [0.25, 0.3) is 5.91 Å². The van der Waals surface area contributed by atoms with E-state index in [1.54, 1.807) is 12.1 Å². The molecule has 2 amide bonds. The van der Waals surface area contributed by atoms with Gasteiger partial charge in [0.2, 0.25) is 5.91 Å². The van der Waals surface area contributed by atoms with Crippen molar-refractivity contribution in [1.29, 1.82) is 0 Å². The zero-order valence-electron chi connectivity index (χ0n) is 18.7. The van der Waals surface area contributed by atoms with Gasteiger partial charge < -0.3 is 15.0 Å². The summed E-state index contributed by atoms with van der Waals surface area (Å²) in [6, 6.07) is 15.1. The maximum Gasteiger partial charge on any atom is 0.251 e. The Labute approximate surface area is 192 Å². The van der Waals surface area contributed by atoms with Gasteiger partial charge in [0.1, 0.15) is 17.4 Å². The summed E-state index contributed by atoms with van der Waals surface area (Å²) in [6.07, 6.45) is 4.68. The van der Waals surface area contributed by atoms with Crippen LogP contribution in [0.5, 0.6) is 5.75 Å². The van der Waals surface area contributed by atoms with Gasteiger partial charge in [-0.3, -0.25) is 9.59 Å². The molecule has 5 rings (SSSR count). The smallest absolute Gasteiger partial charge is 0.251 e. The molecule has 33 heavy (non-hydrogen) atoms. The molecule has 2 aliphatic rings. The Morgan fingerprint density at radius 3 is 2.52 bits per heavy atom. The average Bonchev–Trinajstić information content (AvgIpc) is 3.63. The van der Waals surface area contributed by atoms with Crippen LogP contribution in [0.4, 0.5) is 0 Å². The highest BCUT2D eigenvalue weighted by Gasteiger charge is 2.35. The summed E-state index contributed by atoms with van der Waals surface area (Å²) in [7, 11) is 0. The van der Waals surface area contributed by atoms with Crippen LogP contribution in [-0.4, -0.2) is 57.4 Å². The highest BCUT2D eigenvalue weighted by molar-refractivity contribution is 5.94. The molecule has 0 spiro atoms. The first-order valence-corrected chi connectivity index (χ1v) is 11.8. The van der Waals surface area contributed by atoms with Crippen molar-refractivity contribution < 1.29 is 14.3 Å². The van der Waals surface area contributed by atoms with E-state index in [2.05, 4.69) is 15.6 Å². The number of ether oxygens (including phenoxy) is 1. The van der Waals surface area contributed by atoms with E-state index in [1.165, 1.54) is 0 Å². The Balaban J connectivity index is 1.04. The number of carbonyl (C=O) groups excluding carboxylic acids is 2. The third-order valence-corrected chi connectivity index (χ3v) is 6.35. The van der Waals surface area contributed by atoms with Gasteiger partial charge in [-0.15, -0.1) is 5.10 Å². The first kappa shape index (κ1) is 21.4. The number of fused-ring (bicyclic) bond motifs is 1. The van der Waals surface area contributed by atoms with Crippen LogP contribution in [0.2, 0.25) is 0 Å². The number of hydrogen-bond acceptors (Lipinski definition) is 5. The molecule has 1 aliphatic carbocycles. The summed E-state index contributed by atoms with van der Waals surface area (Å²) in [5.41, 5.74) is 2.49. The fraction of sp³-hybridized carbons (Fsp3) is 0.440. The van der Waals surface area contributed by atoms with Crippen molar-refractivity contribution in [2.75, 3.05) is 19.6 Å². The maximum atomic E-state index is 12.5. The molecule has 1 saturated carbocycles. The fourth-order valence-electron chi connectivity index (χ4n) is 4.28. The highest BCUT2D eigenvalue weighted by Crippen LogP contribution is 2.32. The summed E-state index contributed by atoms with van der Waals surface area (Å²) in [5, 5.41) is 11.3. The number of hydrogen-bond donors (Lipinski definition) is 1. The molecule has 8 nitrogen and oxygen atoms in total. The number of piperidine rings is 1. The van der Waals surface area contributed by atoms with Gasteiger partial charge in [-0.1, -0.05) is 17.3 Å². The minimum atomic E-state index is -0.100. The molecule has 1 saturated heterocycles. The molecule has 8 heteroatoms. The Hall–Kier alpha value is -3.42. The number of nitrogens with zero attached hydrogens (tertiary/aromatic N) is 4. The maximum absolute atomic E-state index is 12.5. The van der Waals surface area contributed by atoms with E-state index in [4.69, 9.17) is 4.74 Å². The molecule has 1 aliphatic heterocycles. The minimum Gasteiger partial charge on any atom is -0.490 e. The molecule has 0 unspecified atom stereocenters. The van der Waals surface area contributed by atoms with Crippen LogP contribution in [0.3, 0.4) is 0 Å². The van der Waals surface area contributed by atoms with E-state index >= 15 is 0 Å². The van der Waals surface area contributed by atoms with Gasteiger partial charge in [0, 0.05) is 50.5 Å². The molecule has 3 aromatic rings. The number of aryl methyl sites for hydroxylation is 1. The molecule has 2 aromatic carbocycles. The second-order valence-electron chi connectivity index (χ2n) is 8.85. The summed E-state index contributed by atoms with van der Waals surface area (Å²) < 4.78 is 7.94. The standard InChI is InChI=1S/C25H29N5O3/c31-24(26-14-3-15-30-23-5-2-1-4-22(23)27-28-30)18-8-10-20(11-9-18)33-21-12-16-29(17-13-21)25(32)19-6-7-19/h1-2,4-5,8-11,19,21H,3,6-7,12-17H2,(H,26,31). The number of aromatic nitrogens is 3. The molecule has 0 radical (unpaired) electrons. The number of benzene rings is 2. The van der Waals surface area contributed by atoms with Crippen molar-refractivity contribution in [3.8, 4) is 5.75 Å². The number of amides is 2. The van der Waals surface area contributed by atoms with Crippen molar-refractivity contribution in [3.63, 3.8) is 0 Å². The van der Waals surface area contributed by atoms with Gasteiger partial charge in [0.05, 0.1) is 5.52 Å². The summed E-state index contributed by atoms with van der Waals surface area (Å²) >= 11 is 0. The van der Waals surface area contributed by atoms with Crippen LogP contribution < -0.4 is 10.1 Å². The van der Waals surface area contributed by atoms with Crippen LogP contribution in [0.25, 0.3) is 11.0 Å². The van der Waals surface area contributed by atoms with E-state index in [9.17, 15) is 9.59 Å². The lowest BCUT2D eigenvalue weighted by Crippen LogP contribution is -2.42. The van der Waals surface area contributed by atoms with Crippen LogP contribution in [0.15, 0.2) is 48.5 Å². The molecule has 172 valence electrons. The molecule has 1 aromatic heterocycles. The summed E-state index contributed by atoms with van der Waals surface area (Å²) in [4.78, 5) is 26.6. The van der Waals surface area contributed by atoms with Gasteiger partial charge in [-0.05, 0) is 55.7 Å². The van der Waals surface area contributed by atoms with Gasteiger partial charge in [-0.25, -0.2) is 4.68 Å². The number of carbonyl (C=O) groups is 2. The topological polar surface area (TPSA) is 89.3 Å². The second-order valence-corrected chi connectivity index (χ2v) is 8.85. The zero-order chi connectivity index (χ0) is 22.6. The van der Waals surface area contributed by atoms with Crippen molar-refractivity contribution in [1.82, 2.24) is 25.2 Å². The monoisotopic (exact) mass is 447 g/mol. The first-order valence-electron chi connectivity index (χ1n) is 11.8. The predicted molar refractivity (Wildman–Crippen MR) is 124 cm³/mol. The molecular weight excluding hydrogens is 418 g/mol. The Morgan fingerprint density at radius 1 is 1.00 bits per heavy atom. The predicted octanol–water partition coefficient (Wildman–Crippen LogP) is 3.03. The van der Waals surface area contributed by atoms with Crippen LogP contribution in [-0.2, 0) is 11.3 Å². The van der Waals surface area contributed by atoms with E-state index < -0.39 is 0 Å². The SMILES string of the molecule is O=C(NCCCn1nnc2ccccc21)c1ccc(OC2CCN(C(=O)C3CC3)CC2)cc1. The second kappa shape index (κ2) is 9.60. The normalized spacial score (nSPS) is 16.7. The molecule has 0 atom stereocenters. The highest BCUT2D eigenvalue weighted by atomic mass is 16.5. The van der Waals surface area contributed by atoms with Crippen LogP contribution >= 0.6 is 0 Å². The third kappa shape index (κ3) is 5.16. The Bertz CT molecular complexity index is 1110. The van der Waals surface area contributed by atoms with E-state index in [0.29, 0.717) is 24.6 Å². The fourth-order valence-corrected chi connectivity index (χ4v) is 4.28. The lowest BCUT2D eigenvalue weighted by Gasteiger charge is -2.32. The minimum absolute atomic E-state index is 0.100. The molecular formula is C25H29N5O3. The van der Waals surface area contributed by atoms with Gasteiger partial charge >= 0.3 is 0 Å². The van der Waals surface area contributed by atoms with Crippen LogP contribution in [0.1, 0.15) is 42.5 Å². The first-order chi connectivity index (χ1) is 16.2. The molecule has 1 N–H and O–H groups in total. The summed E-state index contributed by atoms with van der Waals surface area (Å²) in [5.74, 6) is 1.26. The number of rotatable bonds is 8. The van der Waals surface area contributed by atoms with Crippen molar-refractivity contribution >= 4 is 22.8 Å². The molecule has 2 fully saturated rings. The lowest BCUT2D eigenvalue weighted by atomic mass is 10.1. The zero-order valence-corrected chi connectivity index (χ0v) is 18.7. The van der Waals surface area contributed by atoms with Crippen molar-refractivity contribution in [2.24, 2.45) is 5.92 Å². The van der Waals surface area contributed by atoms with E-state index in [-0.39, 0.29) is 17.9 Å². The van der Waals surface area contributed by atoms with Crippen molar-refractivity contribution in [2.45, 2.75) is 44.8 Å². The van der Waals surface area contributed by atoms with E-state index in [0.717, 1.165) is 62.0 Å². The molecule has 2 heterocycles. The van der Waals surface area contributed by atoms with Gasteiger partial charge in [-0.2, -0.15) is 0 Å². The number of likely N-dealkylation sites (tertiary alicyclic amines) is 1. The number of nitrogens with one attached hydrogen (secondary N) is 1. The lowest BCUT2D eigenvalue weighted by molar-refractivity contribution is -0.134. The van der Waals surface area contributed by atoms with Crippen molar-refractivity contribution in [3.05, 3.63) is 54.1 Å². The number of para-hydroxylation sites is 1. The Kier molecular flexibility index (Phi) is 6.24. The summed E-state index contributed by atoms with van der Waals surface area (Å²) in [6.45, 7) is 2.79.